The van der Waals surface area contributed by atoms with Gasteiger partial charge in [0.25, 0.3) is 0 Å². The molecule has 0 aliphatic carbocycles. The molecule has 1 heterocycles. The molecule has 0 radical (unpaired) electrons. The Morgan fingerprint density at radius 1 is 1.50 bits per heavy atom. The highest BCUT2D eigenvalue weighted by atomic mass is 19.1. The molecule has 1 aliphatic rings. The minimum absolute atomic E-state index is 0.115. The largest absolute Gasteiger partial charge is 0.478 e. The highest BCUT2D eigenvalue weighted by molar-refractivity contribution is 6.00. The summed E-state index contributed by atoms with van der Waals surface area (Å²) < 4.78 is 13.1. The van der Waals surface area contributed by atoms with E-state index in [0.29, 0.717) is 19.0 Å². The number of nitrogens with zero attached hydrogens (tertiary/aromatic N) is 1. The Morgan fingerprint density at radius 3 is 2.85 bits per heavy atom. The summed E-state index contributed by atoms with van der Waals surface area (Å²) >= 11 is 0. The van der Waals surface area contributed by atoms with Crippen LogP contribution in [0.2, 0.25) is 0 Å². The van der Waals surface area contributed by atoms with Crippen LogP contribution >= 0.6 is 0 Å². The minimum Gasteiger partial charge on any atom is -0.478 e. The summed E-state index contributed by atoms with van der Waals surface area (Å²) in [6.07, 6.45) is 1.97. The van der Waals surface area contributed by atoms with Crippen molar-refractivity contribution < 1.29 is 19.1 Å². The van der Waals surface area contributed by atoms with Gasteiger partial charge in [0.1, 0.15) is 5.82 Å². The van der Waals surface area contributed by atoms with Gasteiger partial charge in [0, 0.05) is 13.1 Å². The van der Waals surface area contributed by atoms with E-state index in [2.05, 4.69) is 12.2 Å². The molecule has 2 rings (SSSR count). The lowest BCUT2D eigenvalue weighted by Crippen LogP contribution is -2.33. The van der Waals surface area contributed by atoms with Crippen molar-refractivity contribution in [3.63, 3.8) is 0 Å². The van der Waals surface area contributed by atoms with Crippen molar-refractivity contribution in [3.8, 4) is 0 Å². The molecular weight excluding hydrogens is 263 g/mol. The molecule has 6 heteroatoms. The molecule has 108 valence electrons. The molecule has 2 amide bonds. The Kier molecular flexibility index (Phi) is 4.22. The maximum atomic E-state index is 13.1. The normalized spacial score (nSPS) is 18.1. The number of likely N-dealkylation sites (tertiary alicyclic amines) is 1. The lowest BCUT2D eigenvalue weighted by molar-refractivity contribution is 0.0697. The molecule has 1 fully saturated rings. The number of nitrogens with one attached hydrogen (secondary N) is 1. The Morgan fingerprint density at radius 2 is 2.25 bits per heavy atom. The first-order valence-corrected chi connectivity index (χ1v) is 6.60. The van der Waals surface area contributed by atoms with Crippen LogP contribution in [0.3, 0.4) is 0 Å². The molecule has 0 bridgehead atoms. The summed E-state index contributed by atoms with van der Waals surface area (Å²) in [6, 6.07) is 2.96. The van der Waals surface area contributed by atoms with E-state index in [9.17, 15) is 14.0 Å². The lowest BCUT2D eigenvalue weighted by Gasteiger charge is -2.18. The number of hydrogen-bond donors (Lipinski definition) is 2. The fourth-order valence-corrected chi connectivity index (χ4v) is 2.35. The van der Waals surface area contributed by atoms with Gasteiger partial charge in [-0.25, -0.2) is 14.0 Å². The average Bonchev–Trinajstić information content (AvgIpc) is 2.89. The van der Waals surface area contributed by atoms with Crippen LogP contribution in [-0.4, -0.2) is 35.1 Å². The second-order valence-electron chi connectivity index (χ2n) is 4.93. The highest BCUT2D eigenvalue weighted by Crippen LogP contribution is 2.22. The number of carbonyl (C=O) groups excluding carboxylic acids is 1. The smallest absolute Gasteiger partial charge is 0.337 e. The van der Waals surface area contributed by atoms with E-state index in [1.165, 1.54) is 6.07 Å². The van der Waals surface area contributed by atoms with Crippen LogP contribution in [0.4, 0.5) is 14.9 Å². The summed E-state index contributed by atoms with van der Waals surface area (Å²) in [5.74, 6) is -1.42. The minimum atomic E-state index is -1.27. The quantitative estimate of drug-likeness (QED) is 0.894. The molecule has 1 unspecified atom stereocenters. The van der Waals surface area contributed by atoms with Crippen molar-refractivity contribution in [2.45, 2.75) is 19.8 Å². The third-order valence-corrected chi connectivity index (χ3v) is 3.60. The summed E-state index contributed by atoms with van der Waals surface area (Å²) in [4.78, 5) is 24.8. The molecular formula is C14H17FN2O3. The van der Waals surface area contributed by atoms with Crippen molar-refractivity contribution in [3.05, 3.63) is 29.6 Å². The van der Waals surface area contributed by atoms with E-state index < -0.39 is 11.8 Å². The summed E-state index contributed by atoms with van der Waals surface area (Å²) in [5.41, 5.74) is -0.131. The second-order valence-corrected chi connectivity index (χ2v) is 4.93. The maximum Gasteiger partial charge on any atom is 0.337 e. The molecule has 1 saturated heterocycles. The number of urea groups is 1. The third kappa shape index (κ3) is 3.07. The predicted octanol–water partition coefficient (Wildman–Crippen LogP) is 2.79. The van der Waals surface area contributed by atoms with E-state index in [0.717, 1.165) is 25.0 Å². The van der Waals surface area contributed by atoms with Crippen molar-refractivity contribution in [1.29, 1.82) is 0 Å². The lowest BCUT2D eigenvalue weighted by atomic mass is 10.1. The molecule has 1 aromatic rings. The van der Waals surface area contributed by atoms with Crippen LogP contribution in [0.25, 0.3) is 0 Å². The number of hydrogen-bond acceptors (Lipinski definition) is 2. The number of carboxylic acid groups (broad SMARTS) is 1. The number of aromatic carboxylic acids is 1. The molecule has 1 aromatic carbocycles. The van der Waals surface area contributed by atoms with Gasteiger partial charge in [-0.3, -0.25) is 0 Å². The van der Waals surface area contributed by atoms with Gasteiger partial charge in [0.15, 0.2) is 0 Å². The second kappa shape index (κ2) is 5.90. The van der Waals surface area contributed by atoms with Crippen LogP contribution in [0.15, 0.2) is 18.2 Å². The van der Waals surface area contributed by atoms with E-state index in [4.69, 9.17) is 5.11 Å². The first kappa shape index (κ1) is 14.3. The monoisotopic (exact) mass is 280 g/mol. The number of carbonyl (C=O) groups is 2. The number of benzene rings is 1. The molecule has 2 N–H and O–H groups in total. The first-order chi connectivity index (χ1) is 9.51. The highest BCUT2D eigenvalue weighted by Gasteiger charge is 2.25. The Balaban J connectivity index is 2.10. The van der Waals surface area contributed by atoms with Crippen molar-refractivity contribution in [2.24, 2.45) is 5.92 Å². The SMILES string of the molecule is CCC1CCN(C(=O)Nc2ccc(F)cc2C(=O)O)C1. The van der Waals surface area contributed by atoms with Gasteiger partial charge in [-0.15, -0.1) is 0 Å². The number of rotatable bonds is 3. The zero-order valence-corrected chi connectivity index (χ0v) is 11.2. The van der Waals surface area contributed by atoms with E-state index in [1.54, 1.807) is 4.90 Å². The predicted molar refractivity (Wildman–Crippen MR) is 72.3 cm³/mol. The van der Waals surface area contributed by atoms with Crippen molar-refractivity contribution in [2.75, 3.05) is 18.4 Å². The van der Waals surface area contributed by atoms with E-state index in [-0.39, 0.29) is 17.3 Å². The zero-order valence-electron chi connectivity index (χ0n) is 11.2. The average molecular weight is 280 g/mol. The van der Waals surface area contributed by atoms with Crippen LogP contribution in [0.5, 0.6) is 0 Å². The number of amides is 2. The van der Waals surface area contributed by atoms with Crippen LogP contribution in [0, 0.1) is 11.7 Å². The Hall–Kier alpha value is -2.11. The van der Waals surface area contributed by atoms with Crippen molar-refractivity contribution >= 4 is 17.7 Å². The summed E-state index contributed by atoms with van der Waals surface area (Å²) in [5, 5.41) is 11.6. The van der Waals surface area contributed by atoms with Gasteiger partial charge in [-0.05, 0) is 30.5 Å². The number of anilines is 1. The topological polar surface area (TPSA) is 69.6 Å². The summed E-state index contributed by atoms with van der Waals surface area (Å²) in [6.45, 7) is 3.41. The molecule has 1 aliphatic heterocycles. The van der Waals surface area contributed by atoms with Gasteiger partial charge >= 0.3 is 12.0 Å². The third-order valence-electron chi connectivity index (χ3n) is 3.60. The summed E-state index contributed by atoms with van der Waals surface area (Å²) in [7, 11) is 0. The first-order valence-electron chi connectivity index (χ1n) is 6.60. The fourth-order valence-electron chi connectivity index (χ4n) is 2.35. The van der Waals surface area contributed by atoms with Crippen LogP contribution in [-0.2, 0) is 0 Å². The standard InChI is InChI=1S/C14H17FN2O3/c1-2-9-5-6-17(8-9)14(20)16-12-4-3-10(15)7-11(12)13(18)19/h3-4,7,9H,2,5-6,8H2,1H3,(H,16,20)(H,18,19). The Bertz CT molecular complexity index is 533. The molecule has 5 nitrogen and oxygen atoms in total. The molecule has 0 spiro atoms. The van der Waals surface area contributed by atoms with Gasteiger partial charge in [-0.1, -0.05) is 13.3 Å². The molecule has 20 heavy (non-hydrogen) atoms. The van der Waals surface area contributed by atoms with Gasteiger partial charge < -0.3 is 15.3 Å². The van der Waals surface area contributed by atoms with Gasteiger partial charge in [0.05, 0.1) is 11.3 Å². The number of carboxylic acids is 1. The van der Waals surface area contributed by atoms with E-state index in [1.807, 2.05) is 0 Å². The van der Waals surface area contributed by atoms with Gasteiger partial charge in [-0.2, -0.15) is 0 Å². The number of halogens is 1. The van der Waals surface area contributed by atoms with E-state index >= 15 is 0 Å². The Labute approximate surface area is 116 Å². The molecule has 0 aromatic heterocycles. The zero-order chi connectivity index (χ0) is 14.7. The molecule has 1 atom stereocenters. The van der Waals surface area contributed by atoms with Crippen molar-refractivity contribution in [1.82, 2.24) is 4.90 Å². The van der Waals surface area contributed by atoms with Crippen LogP contribution < -0.4 is 5.32 Å². The maximum absolute atomic E-state index is 13.1. The molecule has 0 saturated carbocycles. The van der Waals surface area contributed by atoms with Crippen LogP contribution in [0.1, 0.15) is 30.1 Å². The van der Waals surface area contributed by atoms with Gasteiger partial charge in [0.2, 0.25) is 0 Å². The fraction of sp³-hybridized carbons (Fsp3) is 0.429.